The van der Waals surface area contributed by atoms with E-state index in [0.29, 0.717) is 0 Å². The zero-order valence-corrected chi connectivity index (χ0v) is 16.4. The lowest BCUT2D eigenvalue weighted by Crippen LogP contribution is -2.44. The number of hydrogen-bond acceptors (Lipinski definition) is 2. The molecule has 1 aliphatic rings. The summed E-state index contributed by atoms with van der Waals surface area (Å²) >= 11 is 3.49. The van der Waals surface area contributed by atoms with E-state index in [1.807, 2.05) is 12.1 Å². The third-order valence-electron chi connectivity index (χ3n) is 4.73. The Morgan fingerprint density at radius 3 is 2.70 bits per heavy atom. The fourth-order valence-corrected chi connectivity index (χ4v) is 3.47. The van der Waals surface area contributed by atoms with Crippen LogP contribution in [0.2, 0.25) is 0 Å². The predicted molar refractivity (Wildman–Crippen MR) is 102 cm³/mol. The molecule has 0 aromatic heterocycles. The van der Waals surface area contributed by atoms with E-state index in [0.717, 1.165) is 49.8 Å². The minimum Gasteiger partial charge on any atom is -0.355 e. The molecule has 1 heterocycles. The minimum absolute atomic E-state index is 0. The topological polar surface area (TPSA) is 41.1 Å². The van der Waals surface area contributed by atoms with Gasteiger partial charge in [0.05, 0.1) is 0 Å². The average molecular weight is 404 g/mol. The summed E-state index contributed by atoms with van der Waals surface area (Å²) in [6.07, 6.45) is 3.95. The van der Waals surface area contributed by atoms with Gasteiger partial charge in [0.15, 0.2) is 0 Å². The number of carbonyl (C=O) groups excluding carboxylic acids is 1. The third kappa shape index (κ3) is 6.44. The Bertz CT molecular complexity index is 504. The van der Waals surface area contributed by atoms with Crippen molar-refractivity contribution < 1.29 is 4.79 Å². The summed E-state index contributed by atoms with van der Waals surface area (Å²) < 4.78 is 1.07. The Kier molecular flexibility index (Phi) is 8.59. The van der Waals surface area contributed by atoms with Crippen molar-refractivity contribution in [2.45, 2.75) is 39.5 Å². The second-order valence-electron chi connectivity index (χ2n) is 6.72. The highest BCUT2D eigenvalue weighted by atomic mass is 79.9. The summed E-state index contributed by atoms with van der Waals surface area (Å²) in [5.41, 5.74) is 1.46. The first-order valence-corrected chi connectivity index (χ1v) is 9.04. The van der Waals surface area contributed by atoms with Crippen molar-refractivity contribution in [3.63, 3.8) is 0 Å². The smallest absolute Gasteiger partial charge is 0.223 e. The Morgan fingerprint density at radius 1 is 1.39 bits per heavy atom. The summed E-state index contributed by atoms with van der Waals surface area (Å²) in [6.45, 7) is 7.28. The normalized spacial score (nSPS) is 17.9. The Morgan fingerprint density at radius 2 is 2.09 bits per heavy atom. The number of amides is 1. The quantitative estimate of drug-likeness (QED) is 0.755. The summed E-state index contributed by atoms with van der Waals surface area (Å²) in [4.78, 5) is 12.5. The molecule has 5 heteroatoms. The molecule has 0 radical (unpaired) electrons. The molecule has 2 N–H and O–H groups in total. The van der Waals surface area contributed by atoms with Crippen LogP contribution >= 0.6 is 28.3 Å². The molecular weight excluding hydrogens is 376 g/mol. The van der Waals surface area contributed by atoms with Crippen LogP contribution in [0.5, 0.6) is 0 Å². The monoisotopic (exact) mass is 402 g/mol. The highest BCUT2D eigenvalue weighted by Gasteiger charge is 2.28. The SMILES string of the molecule is CCC(Cc1cccc(Br)c1)C(=O)NCC1(C)CCNCC1.Cl. The highest BCUT2D eigenvalue weighted by Crippen LogP contribution is 2.27. The van der Waals surface area contributed by atoms with Gasteiger partial charge in [0.2, 0.25) is 5.91 Å². The lowest BCUT2D eigenvalue weighted by molar-refractivity contribution is -0.125. The van der Waals surface area contributed by atoms with Crippen LogP contribution in [-0.2, 0) is 11.2 Å². The molecule has 130 valence electrons. The largest absolute Gasteiger partial charge is 0.355 e. The van der Waals surface area contributed by atoms with Gasteiger partial charge in [-0.1, -0.05) is 41.9 Å². The fraction of sp³-hybridized carbons (Fsp3) is 0.611. The van der Waals surface area contributed by atoms with Crippen LogP contribution in [0.4, 0.5) is 0 Å². The van der Waals surface area contributed by atoms with E-state index in [9.17, 15) is 4.79 Å². The number of nitrogens with one attached hydrogen (secondary N) is 2. The Balaban J connectivity index is 0.00000264. The van der Waals surface area contributed by atoms with E-state index >= 15 is 0 Å². The number of rotatable bonds is 6. The lowest BCUT2D eigenvalue weighted by atomic mass is 9.81. The summed E-state index contributed by atoms with van der Waals surface area (Å²) in [5.74, 6) is 0.252. The highest BCUT2D eigenvalue weighted by molar-refractivity contribution is 9.10. The fourth-order valence-electron chi connectivity index (χ4n) is 3.02. The molecule has 1 aliphatic heterocycles. The maximum Gasteiger partial charge on any atom is 0.223 e. The molecule has 1 amide bonds. The van der Waals surface area contributed by atoms with Gasteiger partial charge in [0, 0.05) is 16.9 Å². The lowest BCUT2D eigenvalue weighted by Gasteiger charge is -2.34. The van der Waals surface area contributed by atoms with Gasteiger partial charge >= 0.3 is 0 Å². The van der Waals surface area contributed by atoms with Crippen LogP contribution in [0.15, 0.2) is 28.7 Å². The molecule has 0 spiro atoms. The summed E-state index contributed by atoms with van der Waals surface area (Å²) in [7, 11) is 0. The van der Waals surface area contributed by atoms with Gasteiger partial charge in [-0.2, -0.15) is 0 Å². The van der Waals surface area contributed by atoms with Gasteiger partial charge < -0.3 is 10.6 Å². The third-order valence-corrected chi connectivity index (χ3v) is 5.23. The second kappa shape index (κ2) is 9.65. The maximum absolute atomic E-state index is 12.5. The van der Waals surface area contributed by atoms with E-state index in [1.54, 1.807) is 0 Å². The van der Waals surface area contributed by atoms with Crippen molar-refractivity contribution in [3.05, 3.63) is 34.3 Å². The van der Waals surface area contributed by atoms with Crippen LogP contribution in [0.3, 0.4) is 0 Å². The zero-order chi connectivity index (χ0) is 16.0. The van der Waals surface area contributed by atoms with E-state index in [-0.39, 0.29) is 29.6 Å². The van der Waals surface area contributed by atoms with Gasteiger partial charge in [0.1, 0.15) is 0 Å². The average Bonchev–Trinajstić information content (AvgIpc) is 2.51. The van der Waals surface area contributed by atoms with Crippen LogP contribution < -0.4 is 10.6 Å². The predicted octanol–water partition coefficient (Wildman–Crippen LogP) is 3.95. The Labute approximate surface area is 154 Å². The van der Waals surface area contributed by atoms with Crippen molar-refractivity contribution in [3.8, 4) is 0 Å². The number of hydrogen-bond donors (Lipinski definition) is 2. The first-order valence-electron chi connectivity index (χ1n) is 8.25. The molecule has 0 aliphatic carbocycles. The van der Waals surface area contributed by atoms with Gasteiger partial charge in [0.25, 0.3) is 0 Å². The van der Waals surface area contributed by atoms with Gasteiger partial charge in [-0.15, -0.1) is 12.4 Å². The van der Waals surface area contributed by atoms with Crippen molar-refractivity contribution in [2.24, 2.45) is 11.3 Å². The molecule has 23 heavy (non-hydrogen) atoms. The summed E-state index contributed by atoms with van der Waals surface area (Å²) in [6, 6.07) is 8.24. The van der Waals surface area contributed by atoms with Gasteiger partial charge in [-0.25, -0.2) is 0 Å². The molecule has 1 unspecified atom stereocenters. The number of halogens is 2. The molecule has 1 aromatic carbocycles. The summed E-state index contributed by atoms with van der Waals surface area (Å²) in [5, 5.41) is 6.58. The molecule has 1 aromatic rings. The van der Waals surface area contributed by atoms with E-state index < -0.39 is 0 Å². The molecule has 0 saturated carbocycles. The van der Waals surface area contributed by atoms with Gasteiger partial charge in [-0.3, -0.25) is 4.79 Å². The van der Waals surface area contributed by atoms with Crippen molar-refractivity contribution in [1.82, 2.24) is 10.6 Å². The van der Waals surface area contributed by atoms with Crippen LogP contribution in [0.25, 0.3) is 0 Å². The molecular formula is C18H28BrClN2O. The molecule has 2 rings (SSSR count). The number of carbonyl (C=O) groups is 1. The molecule has 1 fully saturated rings. The maximum atomic E-state index is 12.5. The zero-order valence-electron chi connectivity index (χ0n) is 14.0. The van der Waals surface area contributed by atoms with Crippen LogP contribution in [0, 0.1) is 11.3 Å². The van der Waals surface area contributed by atoms with Crippen LogP contribution in [-0.4, -0.2) is 25.5 Å². The number of piperidine rings is 1. The second-order valence-corrected chi connectivity index (χ2v) is 7.63. The van der Waals surface area contributed by atoms with Gasteiger partial charge in [-0.05, 0) is 61.9 Å². The first kappa shape index (κ1) is 20.5. The first-order chi connectivity index (χ1) is 10.5. The Hall–Kier alpha value is -0.580. The standard InChI is InChI=1S/C18H27BrN2O.ClH/c1-3-15(11-14-5-4-6-16(19)12-14)17(22)21-13-18(2)7-9-20-10-8-18;/h4-6,12,15,20H,3,7-11,13H2,1-2H3,(H,21,22);1H. The van der Waals surface area contributed by atoms with Crippen molar-refractivity contribution >= 4 is 34.2 Å². The van der Waals surface area contributed by atoms with Crippen molar-refractivity contribution in [2.75, 3.05) is 19.6 Å². The van der Waals surface area contributed by atoms with E-state index in [1.165, 1.54) is 5.56 Å². The molecule has 0 bridgehead atoms. The molecule has 1 atom stereocenters. The molecule has 1 saturated heterocycles. The minimum atomic E-state index is 0. The van der Waals surface area contributed by atoms with E-state index in [2.05, 4.69) is 52.5 Å². The van der Waals surface area contributed by atoms with Crippen LogP contribution in [0.1, 0.15) is 38.7 Å². The van der Waals surface area contributed by atoms with Crippen molar-refractivity contribution in [1.29, 1.82) is 0 Å². The molecule has 3 nitrogen and oxygen atoms in total. The van der Waals surface area contributed by atoms with E-state index in [4.69, 9.17) is 0 Å². The number of benzene rings is 1.